The number of carbonyl (C=O) groups excluding carboxylic acids is 2. The molecule has 2 amide bonds. The Kier molecular flexibility index (Phi) is 15.6. The monoisotopic (exact) mass is 898 g/mol. The van der Waals surface area contributed by atoms with Crippen molar-refractivity contribution in [3.63, 3.8) is 0 Å². The van der Waals surface area contributed by atoms with Gasteiger partial charge in [-0.2, -0.15) is 0 Å². The summed E-state index contributed by atoms with van der Waals surface area (Å²) in [7, 11) is 0. The number of nitrogens with one attached hydrogen (secondary N) is 1. The highest BCUT2D eigenvalue weighted by molar-refractivity contribution is 6.03. The van der Waals surface area contributed by atoms with Crippen molar-refractivity contribution >= 4 is 23.6 Å². The van der Waals surface area contributed by atoms with Gasteiger partial charge in [0.1, 0.15) is 24.1 Å². The van der Waals surface area contributed by atoms with Crippen molar-refractivity contribution in [1.29, 1.82) is 0 Å². The number of allylic oxidation sites excluding steroid dienone is 1. The maximum absolute atomic E-state index is 14.6. The Morgan fingerprint density at radius 1 is 0.985 bits per heavy atom. The molecule has 6 atom stereocenters. The van der Waals surface area contributed by atoms with Crippen LogP contribution in [0.1, 0.15) is 81.4 Å². The van der Waals surface area contributed by atoms with E-state index in [-0.39, 0.29) is 70.3 Å². The molecule has 0 bridgehead atoms. The summed E-state index contributed by atoms with van der Waals surface area (Å²) in [4.78, 5) is 46.0. The quantitative estimate of drug-likeness (QED) is 0.0402. The zero-order chi connectivity index (χ0) is 45.9. The molecule has 0 saturated heterocycles. The van der Waals surface area contributed by atoms with E-state index in [2.05, 4.69) is 18.0 Å². The number of non-ortho nitro benzene ring substituents is 1. The van der Waals surface area contributed by atoms with Gasteiger partial charge in [0, 0.05) is 56.3 Å². The van der Waals surface area contributed by atoms with Crippen LogP contribution in [-0.2, 0) is 27.5 Å². The fourth-order valence-corrected chi connectivity index (χ4v) is 9.64. The van der Waals surface area contributed by atoms with Gasteiger partial charge in [-0.1, -0.05) is 36.2 Å². The SMILES string of the molecule is C=CCO[C@@]12Oc3ccc(OC(=O)NCC)cc3[C@H]3[C@H](CCCCO)[C@@H](CCCCO)C=C(C(=NOCc4ccc([N+](=O)[O-])cc4)C[C@@H]1N(Cc1ccc4c(c1)OCO4)C(=O)OCC)[C@H]32. The summed E-state index contributed by atoms with van der Waals surface area (Å²) >= 11 is 0. The van der Waals surface area contributed by atoms with Crippen LogP contribution in [0.4, 0.5) is 15.3 Å². The van der Waals surface area contributed by atoms with E-state index >= 15 is 0 Å². The molecule has 17 heteroatoms. The summed E-state index contributed by atoms with van der Waals surface area (Å²) < 4.78 is 37.2. The third-order valence-electron chi connectivity index (χ3n) is 12.4. The Morgan fingerprint density at radius 2 is 1.72 bits per heavy atom. The van der Waals surface area contributed by atoms with Crippen molar-refractivity contribution in [2.24, 2.45) is 22.9 Å². The number of carbonyl (C=O) groups is 2. The fourth-order valence-electron chi connectivity index (χ4n) is 9.64. The number of unbranched alkanes of at least 4 members (excludes halogenated alkanes) is 2. The van der Waals surface area contributed by atoms with Crippen LogP contribution in [0, 0.1) is 27.9 Å². The molecule has 3 aromatic rings. The van der Waals surface area contributed by atoms with Crippen LogP contribution in [0.15, 0.2) is 90.1 Å². The molecule has 3 N–H and O–H groups in total. The number of rotatable bonds is 21. The first-order valence-electron chi connectivity index (χ1n) is 22.4. The van der Waals surface area contributed by atoms with Gasteiger partial charge >= 0.3 is 12.2 Å². The van der Waals surface area contributed by atoms with Crippen LogP contribution in [0.5, 0.6) is 23.0 Å². The molecule has 1 fully saturated rings. The second-order valence-electron chi connectivity index (χ2n) is 16.4. The maximum atomic E-state index is 14.6. The van der Waals surface area contributed by atoms with Crippen molar-refractivity contribution in [2.75, 3.05) is 39.8 Å². The number of fused-ring (bicyclic) bond motifs is 3. The lowest BCUT2D eigenvalue weighted by Crippen LogP contribution is -2.70. The normalized spacial score (nSPS) is 23.0. The standard InChI is InChI=1S/C48H58N4O13/c1-4-23-62-48-43(51(47(56)59-6-3)28-32-15-19-41-42(24-32)61-30-60-41)27-39(50-63-29-31-13-16-34(17-14-31)52(57)58)37-25-33(11-7-9-21-53)36(12-8-10-22-54)44(45(37)48)38-26-35(18-20-40(38)65-48)64-46(55)49-5-2/h4,13-20,24-26,33,36,43-45,53-54H,1,5-12,21-23,27-30H2,2-3H3,(H,49,55)/t33-,36+,43-,44+,45+,48+/m0/s1. The van der Waals surface area contributed by atoms with Gasteiger partial charge in [-0.25, -0.2) is 9.59 Å². The number of amides is 2. The number of oxime groups is 1. The molecule has 348 valence electrons. The molecular formula is C48H58N4O13. The van der Waals surface area contributed by atoms with E-state index in [0.717, 1.165) is 29.5 Å². The summed E-state index contributed by atoms with van der Waals surface area (Å²) in [6.45, 7) is 8.21. The highest BCUT2D eigenvalue weighted by Gasteiger charge is 2.65. The minimum Gasteiger partial charge on any atom is -0.459 e. The highest BCUT2D eigenvalue weighted by Crippen LogP contribution is 2.62. The first-order valence-corrected chi connectivity index (χ1v) is 22.4. The molecule has 2 heterocycles. The Hall–Kier alpha value is -6.17. The van der Waals surface area contributed by atoms with Gasteiger partial charge in [0.2, 0.25) is 12.6 Å². The van der Waals surface area contributed by atoms with Crippen molar-refractivity contribution in [3.8, 4) is 23.0 Å². The van der Waals surface area contributed by atoms with Crippen LogP contribution in [0.2, 0.25) is 0 Å². The van der Waals surface area contributed by atoms with E-state index in [1.807, 2.05) is 18.2 Å². The van der Waals surface area contributed by atoms with Gasteiger partial charge in [-0.05, 0) is 111 Å². The summed E-state index contributed by atoms with van der Waals surface area (Å²) in [5, 5.41) is 38.8. The van der Waals surface area contributed by atoms with E-state index in [4.69, 9.17) is 38.4 Å². The van der Waals surface area contributed by atoms with Gasteiger partial charge in [0.25, 0.3) is 5.69 Å². The molecule has 4 aliphatic rings. The molecule has 65 heavy (non-hydrogen) atoms. The Morgan fingerprint density at radius 3 is 2.45 bits per heavy atom. The number of aliphatic hydroxyl groups excluding tert-OH is 2. The van der Waals surface area contributed by atoms with Crippen LogP contribution >= 0.6 is 0 Å². The van der Waals surface area contributed by atoms with E-state index in [0.29, 0.717) is 66.5 Å². The topological polar surface area (TPSA) is 210 Å². The lowest BCUT2D eigenvalue weighted by Gasteiger charge is -2.59. The number of hydrogen-bond acceptors (Lipinski definition) is 14. The third-order valence-corrected chi connectivity index (χ3v) is 12.4. The third kappa shape index (κ3) is 10.4. The molecular weight excluding hydrogens is 841 g/mol. The number of aliphatic hydroxyl groups is 2. The highest BCUT2D eigenvalue weighted by atomic mass is 16.7. The molecule has 2 aliphatic carbocycles. The van der Waals surface area contributed by atoms with Crippen LogP contribution in [0.25, 0.3) is 0 Å². The second-order valence-corrected chi connectivity index (χ2v) is 16.4. The first kappa shape index (κ1) is 46.8. The summed E-state index contributed by atoms with van der Waals surface area (Å²) in [6.07, 6.45) is 6.75. The van der Waals surface area contributed by atoms with E-state index in [1.54, 1.807) is 55.2 Å². The van der Waals surface area contributed by atoms with Crippen molar-refractivity contribution < 1.29 is 58.0 Å². The van der Waals surface area contributed by atoms with E-state index in [9.17, 15) is 29.9 Å². The number of nitro benzene ring substituents is 1. The average Bonchev–Trinajstić information content (AvgIpc) is 3.77. The van der Waals surface area contributed by atoms with Gasteiger partial charge in [0.15, 0.2) is 11.5 Å². The van der Waals surface area contributed by atoms with Crippen molar-refractivity contribution in [3.05, 3.63) is 112 Å². The molecule has 0 radical (unpaired) electrons. The van der Waals surface area contributed by atoms with E-state index in [1.165, 1.54) is 12.1 Å². The second kappa shape index (κ2) is 21.7. The minimum absolute atomic E-state index is 0.00595. The predicted molar refractivity (Wildman–Crippen MR) is 238 cm³/mol. The molecule has 3 aromatic carbocycles. The lowest BCUT2D eigenvalue weighted by molar-refractivity contribution is -0.384. The van der Waals surface area contributed by atoms with Crippen molar-refractivity contribution in [1.82, 2.24) is 10.2 Å². The summed E-state index contributed by atoms with van der Waals surface area (Å²) in [5.74, 6) is -0.871. The van der Waals surface area contributed by atoms with Gasteiger partial charge < -0.3 is 48.8 Å². The molecule has 0 spiro atoms. The smallest absolute Gasteiger partial charge is 0.412 e. The van der Waals surface area contributed by atoms with Crippen LogP contribution in [0.3, 0.4) is 0 Å². The molecule has 1 saturated carbocycles. The van der Waals surface area contributed by atoms with Gasteiger partial charge in [-0.15, -0.1) is 6.58 Å². The zero-order valence-corrected chi connectivity index (χ0v) is 36.9. The first-order chi connectivity index (χ1) is 31.6. The van der Waals surface area contributed by atoms with Crippen molar-refractivity contribution in [2.45, 2.75) is 89.7 Å². The average molecular weight is 899 g/mol. The Labute approximate surface area is 378 Å². The predicted octanol–water partition coefficient (Wildman–Crippen LogP) is 7.92. The number of benzene rings is 3. The largest absolute Gasteiger partial charge is 0.459 e. The summed E-state index contributed by atoms with van der Waals surface area (Å²) in [6, 6.07) is 15.9. The summed E-state index contributed by atoms with van der Waals surface area (Å²) in [5.41, 5.74) is 3.43. The lowest BCUT2D eigenvalue weighted by atomic mass is 9.55. The molecule has 0 unspecified atom stereocenters. The number of nitrogens with zero attached hydrogens (tertiary/aromatic N) is 3. The van der Waals surface area contributed by atoms with Gasteiger partial charge in [0.05, 0.1) is 29.8 Å². The Balaban J connectivity index is 1.44. The zero-order valence-electron chi connectivity index (χ0n) is 36.9. The fraction of sp³-hybridized carbons (Fsp3) is 0.479. The minimum atomic E-state index is -1.59. The number of hydrogen-bond donors (Lipinski definition) is 3. The number of nitro groups is 1. The van der Waals surface area contributed by atoms with Crippen LogP contribution < -0.4 is 24.3 Å². The maximum Gasteiger partial charge on any atom is 0.412 e. The van der Waals surface area contributed by atoms with E-state index < -0.39 is 40.8 Å². The van der Waals surface area contributed by atoms with Crippen LogP contribution in [-0.4, -0.2) is 89.5 Å². The molecule has 17 nitrogen and oxygen atoms in total. The molecule has 7 rings (SSSR count). The Bertz CT molecular complexity index is 2230. The molecule has 2 aliphatic heterocycles. The van der Waals surface area contributed by atoms with Gasteiger partial charge in [-0.3, -0.25) is 15.0 Å². The molecule has 0 aromatic heterocycles. The number of ether oxygens (including phenoxy) is 6.